The highest BCUT2D eigenvalue weighted by Crippen LogP contribution is 2.23. The van der Waals surface area contributed by atoms with Gasteiger partial charge >= 0.3 is 0 Å². The predicted octanol–water partition coefficient (Wildman–Crippen LogP) is 0.890. The van der Waals surface area contributed by atoms with E-state index in [2.05, 4.69) is 21.8 Å². The third kappa shape index (κ3) is 3.04. The minimum absolute atomic E-state index is 0.256. The van der Waals surface area contributed by atoms with Gasteiger partial charge in [-0.25, -0.2) is 4.39 Å². The molecule has 0 aliphatic carbocycles. The molecule has 1 aromatic heterocycles. The Morgan fingerprint density at radius 2 is 2.28 bits per heavy atom. The lowest BCUT2D eigenvalue weighted by molar-refractivity contribution is 0.0621. The van der Waals surface area contributed by atoms with Gasteiger partial charge in [0.25, 0.3) is 0 Å². The van der Waals surface area contributed by atoms with Gasteiger partial charge in [0, 0.05) is 37.4 Å². The highest BCUT2D eigenvalue weighted by atomic mass is 19.1. The van der Waals surface area contributed by atoms with Crippen LogP contribution < -0.4 is 0 Å². The van der Waals surface area contributed by atoms with Crippen LogP contribution in [-0.4, -0.2) is 59.7 Å². The Labute approximate surface area is 107 Å². The molecule has 1 aliphatic heterocycles. The molecule has 2 unspecified atom stereocenters. The van der Waals surface area contributed by atoms with E-state index in [4.69, 9.17) is 0 Å². The van der Waals surface area contributed by atoms with E-state index in [0.717, 1.165) is 25.8 Å². The van der Waals surface area contributed by atoms with Crippen molar-refractivity contribution in [3.63, 3.8) is 0 Å². The number of hydrogen-bond donors (Lipinski definition) is 1. The van der Waals surface area contributed by atoms with E-state index in [1.165, 1.54) is 6.20 Å². The van der Waals surface area contributed by atoms with Crippen LogP contribution in [0.5, 0.6) is 0 Å². The molecule has 100 valence electrons. The topological polar surface area (TPSA) is 39.6 Å². The smallest absolute Gasteiger partial charge is 0.147 e. The van der Waals surface area contributed by atoms with Crippen molar-refractivity contribution in [3.8, 4) is 0 Å². The van der Waals surface area contributed by atoms with Gasteiger partial charge in [-0.2, -0.15) is 0 Å². The Bertz CT molecular complexity index is 402. The van der Waals surface area contributed by atoms with Crippen LogP contribution in [0.15, 0.2) is 18.5 Å². The second-order valence-electron chi connectivity index (χ2n) is 5.05. The number of aliphatic hydroxyl groups excluding tert-OH is 1. The molecule has 1 N–H and O–H groups in total. The molecule has 1 saturated heterocycles. The quantitative estimate of drug-likeness (QED) is 0.868. The van der Waals surface area contributed by atoms with Gasteiger partial charge in [0.05, 0.1) is 12.3 Å². The van der Waals surface area contributed by atoms with E-state index < -0.39 is 11.9 Å². The lowest BCUT2D eigenvalue weighted by atomic mass is 10.00. The molecule has 1 aliphatic rings. The summed E-state index contributed by atoms with van der Waals surface area (Å²) in [6.07, 6.45) is 2.43. The summed E-state index contributed by atoms with van der Waals surface area (Å²) in [6, 6.07) is 1.80. The van der Waals surface area contributed by atoms with Crippen LogP contribution in [-0.2, 0) is 0 Å². The number of likely N-dealkylation sites (N-methyl/N-ethyl adjacent to an activating group) is 2. The second-order valence-corrected chi connectivity index (χ2v) is 5.05. The van der Waals surface area contributed by atoms with E-state index in [9.17, 15) is 9.50 Å². The third-order valence-corrected chi connectivity index (χ3v) is 3.64. The highest BCUT2D eigenvalue weighted by molar-refractivity contribution is 5.15. The summed E-state index contributed by atoms with van der Waals surface area (Å²) in [6.45, 7) is 2.92. The summed E-state index contributed by atoms with van der Waals surface area (Å²) < 4.78 is 13.5. The van der Waals surface area contributed by atoms with Crippen molar-refractivity contribution in [2.24, 2.45) is 0 Å². The predicted molar refractivity (Wildman–Crippen MR) is 67.7 cm³/mol. The van der Waals surface area contributed by atoms with E-state index in [0.29, 0.717) is 12.0 Å². The van der Waals surface area contributed by atoms with Crippen LogP contribution in [0.2, 0.25) is 0 Å². The van der Waals surface area contributed by atoms with Crippen LogP contribution in [0, 0.1) is 5.82 Å². The van der Waals surface area contributed by atoms with Crippen molar-refractivity contribution >= 4 is 0 Å². The Balaban J connectivity index is 2.02. The van der Waals surface area contributed by atoms with E-state index in [1.54, 1.807) is 6.07 Å². The van der Waals surface area contributed by atoms with Gasteiger partial charge in [0.15, 0.2) is 0 Å². The molecule has 2 heterocycles. The minimum atomic E-state index is -0.771. The number of aliphatic hydroxyl groups is 1. The van der Waals surface area contributed by atoms with Crippen molar-refractivity contribution in [2.75, 3.05) is 33.7 Å². The van der Waals surface area contributed by atoms with Gasteiger partial charge in [-0.3, -0.25) is 4.98 Å². The average Bonchev–Trinajstić information content (AvgIpc) is 2.34. The molecule has 0 amide bonds. The Morgan fingerprint density at radius 1 is 1.50 bits per heavy atom. The zero-order valence-electron chi connectivity index (χ0n) is 10.9. The fraction of sp³-hybridized carbons (Fsp3) is 0.615. The normalized spacial score (nSPS) is 24.1. The van der Waals surface area contributed by atoms with Crippen molar-refractivity contribution in [3.05, 3.63) is 29.8 Å². The van der Waals surface area contributed by atoms with Gasteiger partial charge in [0.2, 0.25) is 0 Å². The Kier molecular flexibility index (Phi) is 4.27. The summed E-state index contributed by atoms with van der Waals surface area (Å²) in [5.74, 6) is -0.434. The van der Waals surface area contributed by atoms with Crippen LogP contribution in [0.1, 0.15) is 18.1 Å². The van der Waals surface area contributed by atoms with E-state index in [1.807, 2.05) is 7.05 Å². The maximum absolute atomic E-state index is 13.5. The maximum Gasteiger partial charge on any atom is 0.147 e. The Morgan fingerprint density at radius 3 is 3.00 bits per heavy atom. The summed E-state index contributed by atoms with van der Waals surface area (Å²) in [5, 5.41) is 10.1. The molecule has 0 aromatic carbocycles. The molecular formula is C13H20FN3O. The zero-order chi connectivity index (χ0) is 13.1. The number of piperazine rings is 1. The highest BCUT2D eigenvalue weighted by Gasteiger charge is 2.26. The molecule has 18 heavy (non-hydrogen) atoms. The molecule has 4 nitrogen and oxygen atoms in total. The van der Waals surface area contributed by atoms with Gasteiger partial charge in [0.1, 0.15) is 5.82 Å². The van der Waals surface area contributed by atoms with Crippen molar-refractivity contribution in [1.82, 2.24) is 14.8 Å². The monoisotopic (exact) mass is 253 g/mol. The van der Waals surface area contributed by atoms with Gasteiger partial charge in [-0.05, 0) is 26.6 Å². The van der Waals surface area contributed by atoms with E-state index in [-0.39, 0.29) is 6.04 Å². The molecule has 2 rings (SSSR count). The van der Waals surface area contributed by atoms with Gasteiger partial charge < -0.3 is 14.9 Å². The maximum atomic E-state index is 13.5. The molecule has 1 aromatic rings. The lowest BCUT2D eigenvalue weighted by Crippen LogP contribution is -2.50. The first-order valence-corrected chi connectivity index (χ1v) is 6.24. The molecule has 2 atom stereocenters. The van der Waals surface area contributed by atoms with Crippen LogP contribution in [0.4, 0.5) is 4.39 Å². The number of rotatable bonds is 3. The first-order chi connectivity index (χ1) is 8.58. The van der Waals surface area contributed by atoms with Crippen LogP contribution in [0.3, 0.4) is 0 Å². The first-order valence-electron chi connectivity index (χ1n) is 6.24. The van der Waals surface area contributed by atoms with Crippen molar-refractivity contribution in [2.45, 2.75) is 18.6 Å². The largest absolute Gasteiger partial charge is 0.388 e. The number of hydrogen-bond acceptors (Lipinski definition) is 4. The fourth-order valence-corrected chi connectivity index (χ4v) is 2.40. The number of pyridine rings is 1. The fourth-order valence-electron chi connectivity index (χ4n) is 2.40. The Hall–Kier alpha value is -1.04. The molecule has 0 radical (unpaired) electrons. The molecule has 0 saturated carbocycles. The third-order valence-electron chi connectivity index (χ3n) is 3.64. The molecule has 0 spiro atoms. The number of halogens is 1. The second kappa shape index (κ2) is 5.73. The van der Waals surface area contributed by atoms with Gasteiger partial charge in [-0.15, -0.1) is 0 Å². The summed E-state index contributed by atoms with van der Waals surface area (Å²) in [7, 11) is 4.12. The SMILES string of the molecule is CN1CCN(C)C(CC(O)c2ccncc2F)C1. The first kappa shape index (κ1) is 13.4. The van der Waals surface area contributed by atoms with Crippen LogP contribution in [0.25, 0.3) is 0 Å². The lowest BCUT2D eigenvalue weighted by Gasteiger charge is -2.38. The van der Waals surface area contributed by atoms with E-state index >= 15 is 0 Å². The van der Waals surface area contributed by atoms with Crippen molar-refractivity contribution in [1.29, 1.82) is 0 Å². The molecule has 5 heteroatoms. The summed E-state index contributed by atoms with van der Waals surface area (Å²) >= 11 is 0. The van der Waals surface area contributed by atoms with Crippen LogP contribution >= 0.6 is 0 Å². The molecular weight excluding hydrogens is 233 g/mol. The van der Waals surface area contributed by atoms with Gasteiger partial charge in [-0.1, -0.05) is 0 Å². The number of nitrogens with zero attached hydrogens (tertiary/aromatic N) is 3. The summed E-state index contributed by atoms with van der Waals surface area (Å²) in [5.41, 5.74) is 0.339. The average molecular weight is 253 g/mol. The summed E-state index contributed by atoms with van der Waals surface area (Å²) in [4.78, 5) is 8.16. The minimum Gasteiger partial charge on any atom is -0.388 e. The van der Waals surface area contributed by atoms with Crippen molar-refractivity contribution < 1.29 is 9.50 Å². The zero-order valence-corrected chi connectivity index (χ0v) is 10.9. The molecule has 1 fully saturated rings. The standard InChI is InChI=1S/C13H20FN3O/c1-16-5-6-17(2)10(9-16)7-13(18)11-3-4-15-8-12(11)14/h3-4,8,10,13,18H,5-7,9H2,1-2H3. The number of aromatic nitrogens is 1. The molecule has 0 bridgehead atoms.